The predicted molar refractivity (Wildman–Crippen MR) is 171 cm³/mol. The summed E-state index contributed by atoms with van der Waals surface area (Å²) in [6, 6.07) is 23.2. The maximum atomic E-state index is 13.6. The SMILES string of the molecule is COC(=O)c1ccc2c(c1)N/C(=C1\C(=O)Sc3c(Cc4ccc5c(c4)C(=O)/C(=C4/C(=O)Sc6ccccc64)N5)cccc31)C2=O. The van der Waals surface area contributed by atoms with E-state index in [1.54, 1.807) is 12.1 Å². The standard InChI is InChI=1S/C35H20N2O6S2/c1-43-33(40)18-10-11-19-24(15-18)37-29(30(19)38)27-21-7-4-5-17(32(21)45-35(27)42)13-16-9-12-23-22(14-16)31(39)28(36-23)26-20-6-2-3-8-25(20)44-34(26)41/h2-12,14-15,36-37H,13H2,1H3/b28-26-,29-27-. The fourth-order valence-corrected chi connectivity index (χ4v) is 8.10. The van der Waals surface area contributed by atoms with Gasteiger partial charge in [-0.3, -0.25) is 19.2 Å². The van der Waals surface area contributed by atoms with Crippen molar-refractivity contribution in [3.63, 3.8) is 0 Å². The number of hydrogen-bond acceptors (Lipinski definition) is 10. The average Bonchev–Trinajstić information content (AvgIpc) is 3.76. The van der Waals surface area contributed by atoms with Crippen molar-refractivity contribution in [1.82, 2.24) is 0 Å². The van der Waals surface area contributed by atoms with Crippen LogP contribution in [-0.2, 0) is 20.7 Å². The number of carbonyl (C=O) groups excluding carboxylic acids is 5. The Balaban J connectivity index is 1.11. The number of carbonyl (C=O) groups is 5. The molecule has 0 radical (unpaired) electrons. The molecule has 8 rings (SSSR count). The predicted octanol–water partition coefficient (Wildman–Crippen LogP) is 6.37. The lowest BCUT2D eigenvalue weighted by Crippen LogP contribution is -2.07. The van der Waals surface area contributed by atoms with Gasteiger partial charge in [0.25, 0.3) is 0 Å². The highest BCUT2D eigenvalue weighted by molar-refractivity contribution is 8.15. The minimum atomic E-state index is -0.524. The van der Waals surface area contributed by atoms with Crippen LogP contribution in [0.15, 0.2) is 100 Å². The van der Waals surface area contributed by atoms with Gasteiger partial charge in [-0.25, -0.2) is 4.79 Å². The van der Waals surface area contributed by atoms with Crippen LogP contribution in [0.4, 0.5) is 11.4 Å². The Kier molecular flexibility index (Phi) is 6.19. The molecular formula is C35H20N2O6S2. The Hall–Kier alpha value is -5.19. The second kappa shape index (κ2) is 10.2. The smallest absolute Gasteiger partial charge is 0.337 e. The highest BCUT2D eigenvalue weighted by Crippen LogP contribution is 2.47. The van der Waals surface area contributed by atoms with Crippen LogP contribution in [0.3, 0.4) is 0 Å². The highest BCUT2D eigenvalue weighted by atomic mass is 32.2. The number of thioether (sulfide) groups is 2. The number of esters is 1. The van der Waals surface area contributed by atoms with Crippen LogP contribution in [0.5, 0.6) is 0 Å². The van der Waals surface area contributed by atoms with Crippen molar-refractivity contribution in [3.8, 4) is 0 Å². The molecule has 0 saturated carbocycles. The van der Waals surface area contributed by atoms with Gasteiger partial charge >= 0.3 is 5.97 Å². The first-order valence-electron chi connectivity index (χ1n) is 14.0. The second-order valence-corrected chi connectivity index (χ2v) is 12.8. The molecule has 4 aliphatic heterocycles. The maximum Gasteiger partial charge on any atom is 0.337 e. The first-order chi connectivity index (χ1) is 21.8. The summed E-state index contributed by atoms with van der Waals surface area (Å²) in [5.41, 5.74) is 6.55. The van der Waals surface area contributed by atoms with E-state index in [-0.39, 0.29) is 33.2 Å². The summed E-state index contributed by atoms with van der Waals surface area (Å²) in [5.74, 6) is -1.08. The summed E-state index contributed by atoms with van der Waals surface area (Å²) in [6.07, 6.45) is 0.445. The van der Waals surface area contributed by atoms with Crippen LogP contribution in [0.25, 0.3) is 11.1 Å². The number of anilines is 2. The van der Waals surface area contributed by atoms with Crippen molar-refractivity contribution < 1.29 is 28.7 Å². The monoisotopic (exact) mass is 628 g/mol. The van der Waals surface area contributed by atoms with E-state index in [4.69, 9.17) is 4.74 Å². The number of ether oxygens (including phenoxy) is 1. The number of rotatable bonds is 3. The van der Waals surface area contributed by atoms with Crippen LogP contribution in [0.2, 0.25) is 0 Å². The summed E-state index contributed by atoms with van der Waals surface area (Å²) >= 11 is 2.20. The molecule has 218 valence electrons. The van der Waals surface area contributed by atoms with Crippen molar-refractivity contribution in [2.75, 3.05) is 17.7 Å². The zero-order chi connectivity index (χ0) is 31.0. The summed E-state index contributed by atoms with van der Waals surface area (Å²) in [5, 5.41) is 5.83. The zero-order valence-electron chi connectivity index (χ0n) is 23.5. The molecule has 0 atom stereocenters. The first-order valence-corrected chi connectivity index (χ1v) is 15.6. The Bertz CT molecular complexity index is 2180. The minimum absolute atomic E-state index is 0.159. The molecule has 0 unspecified atom stereocenters. The Morgan fingerprint density at radius 1 is 0.689 bits per heavy atom. The highest BCUT2D eigenvalue weighted by Gasteiger charge is 2.38. The third-order valence-corrected chi connectivity index (χ3v) is 10.3. The van der Waals surface area contributed by atoms with Crippen LogP contribution in [0.1, 0.15) is 53.3 Å². The van der Waals surface area contributed by atoms with Gasteiger partial charge in [-0.1, -0.05) is 42.5 Å². The molecule has 0 aliphatic carbocycles. The quantitative estimate of drug-likeness (QED) is 0.196. The Morgan fingerprint density at radius 3 is 2.22 bits per heavy atom. The van der Waals surface area contributed by atoms with Gasteiger partial charge in [0.2, 0.25) is 21.8 Å². The van der Waals surface area contributed by atoms with Crippen LogP contribution >= 0.6 is 23.5 Å². The largest absolute Gasteiger partial charge is 0.465 e. The van der Waals surface area contributed by atoms with Crippen LogP contribution in [0, 0.1) is 0 Å². The van der Waals surface area contributed by atoms with Gasteiger partial charge in [-0.2, -0.15) is 0 Å². The molecule has 0 spiro atoms. The van der Waals surface area contributed by atoms with E-state index in [9.17, 15) is 24.0 Å². The fraction of sp³-hybridized carbons (Fsp3) is 0.0571. The lowest BCUT2D eigenvalue weighted by molar-refractivity contribution is -0.106. The van der Waals surface area contributed by atoms with Crippen molar-refractivity contribution in [2.24, 2.45) is 0 Å². The second-order valence-electron chi connectivity index (χ2n) is 10.8. The van der Waals surface area contributed by atoms with Gasteiger partial charge in [0.15, 0.2) is 0 Å². The Labute approximate surface area is 264 Å². The number of fused-ring (bicyclic) bond motifs is 4. The van der Waals surface area contributed by atoms with Gasteiger partial charge in [0, 0.05) is 37.7 Å². The third-order valence-electron chi connectivity index (χ3n) is 8.21. The molecular weight excluding hydrogens is 609 g/mol. The normalized spacial score (nSPS) is 19.2. The summed E-state index contributed by atoms with van der Waals surface area (Å²) in [7, 11) is 1.29. The van der Waals surface area contributed by atoms with E-state index in [0.717, 1.165) is 50.0 Å². The molecule has 4 aromatic carbocycles. The molecule has 10 heteroatoms. The van der Waals surface area contributed by atoms with E-state index >= 15 is 0 Å². The molecule has 0 aromatic heterocycles. The van der Waals surface area contributed by atoms with E-state index in [2.05, 4.69) is 10.6 Å². The number of allylic oxidation sites excluding steroid dienone is 2. The third kappa shape index (κ3) is 4.21. The molecule has 4 aromatic rings. The minimum Gasteiger partial charge on any atom is -0.465 e. The van der Waals surface area contributed by atoms with E-state index in [1.807, 2.05) is 60.7 Å². The van der Waals surface area contributed by atoms with E-state index < -0.39 is 5.97 Å². The average molecular weight is 629 g/mol. The van der Waals surface area contributed by atoms with Gasteiger partial charge in [-0.05, 0) is 77.5 Å². The Morgan fingerprint density at radius 2 is 1.40 bits per heavy atom. The van der Waals surface area contributed by atoms with Crippen LogP contribution < -0.4 is 10.6 Å². The van der Waals surface area contributed by atoms with E-state index in [0.29, 0.717) is 51.2 Å². The zero-order valence-corrected chi connectivity index (χ0v) is 25.1. The van der Waals surface area contributed by atoms with Crippen molar-refractivity contribution in [3.05, 3.63) is 129 Å². The summed E-state index contributed by atoms with van der Waals surface area (Å²) in [6.45, 7) is 0. The lowest BCUT2D eigenvalue weighted by Gasteiger charge is -2.09. The molecule has 0 bridgehead atoms. The van der Waals surface area contributed by atoms with Crippen molar-refractivity contribution in [2.45, 2.75) is 16.2 Å². The molecule has 45 heavy (non-hydrogen) atoms. The maximum absolute atomic E-state index is 13.6. The molecule has 8 nitrogen and oxygen atoms in total. The molecule has 2 N–H and O–H groups in total. The number of Topliss-reactive ketones (excluding diaryl/α,β-unsaturated/α-hetero) is 2. The van der Waals surface area contributed by atoms with Gasteiger partial charge in [-0.15, -0.1) is 0 Å². The summed E-state index contributed by atoms with van der Waals surface area (Å²) < 4.78 is 4.79. The number of benzene rings is 4. The lowest BCUT2D eigenvalue weighted by atomic mass is 9.96. The molecule has 0 saturated heterocycles. The molecule has 0 amide bonds. The number of nitrogens with one attached hydrogen (secondary N) is 2. The number of methoxy groups -OCH3 is 1. The van der Waals surface area contributed by atoms with Crippen molar-refractivity contribution >= 4 is 73.8 Å². The first kappa shape index (κ1) is 27.4. The van der Waals surface area contributed by atoms with Crippen LogP contribution in [-0.4, -0.2) is 34.9 Å². The molecule has 4 heterocycles. The molecule has 4 aliphatic rings. The van der Waals surface area contributed by atoms with Crippen molar-refractivity contribution in [1.29, 1.82) is 0 Å². The van der Waals surface area contributed by atoms with E-state index in [1.165, 1.54) is 13.2 Å². The number of ketones is 2. The van der Waals surface area contributed by atoms with Gasteiger partial charge in [0.1, 0.15) is 0 Å². The van der Waals surface area contributed by atoms with Gasteiger partial charge < -0.3 is 15.4 Å². The molecule has 0 fully saturated rings. The van der Waals surface area contributed by atoms with Gasteiger partial charge in [0.05, 0.1) is 40.9 Å². The topological polar surface area (TPSA) is 119 Å². The fourth-order valence-electron chi connectivity index (χ4n) is 6.10. The summed E-state index contributed by atoms with van der Waals surface area (Å²) in [4.78, 5) is 66.7. The number of hydrogen-bond donors (Lipinski definition) is 2.